The summed E-state index contributed by atoms with van der Waals surface area (Å²) in [5.74, 6) is 0.804. The summed E-state index contributed by atoms with van der Waals surface area (Å²) < 4.78 is 6.67. The lowest BCUT2D eigenvalue weighted by atomic mass is 10.1. The minimum absolute atomic E-state index is 0.160. The molecule has 0 fully saturated rings. The van der Waals surface area contributed by atoms with E-state index in [0.29, 0.717) is 30.2 Å². The van der Waals surface area contributed by atoms with Gasteiger partial charge in [0, 0.05) is 19.2 Å². The molecule has 0 atom stereocenters. The largest absolute Gasteiger partial charge is 0.480 e. The van der Waals surface area contributed by atoms with E-state index in [4.69, 9.17) is 4.74 Å². The Bertz CT molecular complexity index is 948. The van der Waals surface area contributed by atoms with Gasteiger partial charge in [-0.3, -0.25) is 4.79 Å². The van der Waals surface area contributed by atoms with Gasteiger partial charge in [-0.15, -0.1) is 10.2 Å². The van der Waals surface area contributed by atoms with Crippen LogP contribution in [-0.4, -0.2) is 52.0 Å². The first-order valence-corrected chi connectivity index (χ1v) is 9.47. The van der Waals surface area contributed by atoms with Gasteiger partial charge in [-0.2, -0.15) is 5.10 Å². The molecule has 0 aliphatic carbocycles. The van der Waals surface area contributed by atoms with Crippen LogP contribution in [0.3, 0.4) is 0 Å². The zero-order valence-electron chi connectivity index (χ0n) is 17.2. The molecule has 0 saturated carbocycles. The first-order valence-electron chi connectivity index (χ1n) is 9.47. The van der Waals surface area contributed by atoms with Crippen LogP contribution in [0.5, 0.6) is 5.88 Å². The third kappa shape index (κ3) is 4.97. The standard InChI is InChI=1S/C21H26N6O2/c1-5-18-17(13-23-27(18)19-10-11-20(29-4)25-24-19)21(28)22-12-15-6-8-16(9-7-15)14-26(2)3/h6-11,13H,5,12,14H2,1-4H3,(H,22,28). The Kier molecular flexibility index (Phi) is 6.56. The Morgan fingerprint density at radius 2 is 1.83 bits per heavy atom. The van der Waals surface area contributed by atoms with Gasteiger partial charge in [0.2, 0.25) is 5.88 Å². The van der Waals surface area contributed by atoms with E-state index < -0.39 is 0 Å². The zero-order chi connectivity index (χ0) is 20.8. The summed E-state index contributed by atoms with van der Waals surface area (Å²) in [6.07, 6.45) is 2.20. The van der Waals surface area contributed by atoms with Crippen LogP contribution in [-0.2, 0) is 19.5 Å². The van der Waals surface area contributed by atoms with Crippen molar-refractivity contribution >= 4 is 5.91 Å². The molecule has 1 amide bonds. The molecule has 0 aliphatic heterocycles. The quantitative estimate of drug-likeness (QED) is 0.631. The topological polar surface area (TPSA) is 85.2 Å². The van der Waals surface area contributed by atoms with E-state index in [9.17, 15) is 4.79 Å². The molecule has 1 N–H and O–H groups in total. The second kappa shape index (κ2) is 9.29. The monoisotopic (exact) mass is 394 g/mol. The molecule has 0 radical (unpaired) electrons. The van der Waals surface area contributed by atoms with E-state index >= 15 is 0 Å². The third-order valence-corrected chi connectivity index (χ3v) is 4.48. The van der Waals surface area contributed by atoms with Crippen LogP contribution >= 0.6 is 0 Å². The van der Waals surface area contributed by atoms with Crippen molar-refractivity contribution in [1.29, 1.82) is 0 Å². The first kappa shape index (κ1) is 20.5. The second-order valence-electron chi connectivity index (χ2n) is 6.94. The fourth-order valence-corrected chi connectivity index (χ4v) is 3.04. The molecule has 0 spiro atoms. The van der Waals surface area contributed by atoms with Crippen molar-refractivity contribution < 1.29 is 9.53 Å². The van der Waals surface area contributed by atoms with Gasteiger partial charge < -0.3 is 15.0 Å². The van der Waals surface area contributed by atoms with Crippen molar-refractivity contribution in [3.63, 3.8) is 0 Å². The molecular weight excluding hydrogens is 368 g/mol. The van der Waals surface area contributed by atoms with Gasteiger partial charge in [-0.25, -0.2) is 4.68 Å². The Labute approximate surface area is 170 Å². The molecule has 2 heterocycles. The van der Waals surface area contributed by atoms with Crippen LogP contribution in [0.25, 0.3) is 5.82 Å². The lowest BCUT2D eigenvalue weighted by molar-refractivity contribution is 0.0950. The highest BCUT2D eigenvalue weighted by molar-refractivity contribution is 5.95. The van der Waals surface area contributed by atoms with Gasteiger partial charge in [0.05, 0.1) is 24.6 Å². The number of amides is 1. The van der Waals surface area contributed by atoms with Gasteiger partial charge in [0.25, 0.3) is 5.91 Å². The van der Waals surface area contributed by atoms with E-state index in [1.807, 2.05) is 33.2 Å². The van der Waals surface area contributed by atoms with Crippen molar-refractivity contribution in [2.24, 2.45) is 0 Å². The second-order valence-corrected chi connectivity index (χ2v) is 6.94. The molecule has 2 aromatic heterocycles. The number of ether oxygens (including phenoxy) is 1. The van der Waals surface area contributed by atoms with Crippen molar-refractivity contribution in [3.05, 3.63) is 65.0 Å². The summed E-state index contributed by atoms with van der Waals surface area (Å²) in [6.45, 7) is 3.32. The predicted octanol–water partition coefficient (Wildman–Crippen LogP) is 2.22. The smallest absolute Gasteiger partial charge is 0.255 e. The highest BCUT2D eigenvalue weighted by Gasteiger charge is 2.18. The molecule has 8 nitrogen and oxygen atoms in total. The maximum atomic E-state index is 12.7. The average molecular weight is 394 g/mol. The Morgan fingerprint density at radius 3 is 2.41 bits per heavy atom. The summed E-state index contributed by atoms with van der Waals surface area (Å²) in [5, 5.41) is 15.4. The SMILES string of the molecule is CCc1c(C(=O)NCc2ccc(CN(C)C)cc2)cnn1-c1ccc(OC)nn1. The van der Waals surface area contributed by atoms with E-state index in [2.05, 4.69) is 37.6 Å². The van der Waals surface area contributed by atoms with E-state index in [-0.39, 0.29) is 5.91 Å². The van der Waals surface area contributed by atoms with Gasteiger partial charge >= 0.3 is 0 Å². The number of benzene rings is 1. The van der Waals surface area contributed by atoms with E-state index in [1.165, 1.54) is 12.7 Å². The fourth-order valence-electron chi connectivity index (χ4n) is 3.04. The molecular formula is C21H26N6O2. The molecule has 29 heavy (non-hydrogen) atoms. The van der Waals surface area contributed by atoms with Crippen LogP contribution in [0.15, 0.2) is 42.6 Å². The van der Waals surface area contributed by atoms with Crippen molar-refractivity contribution in [1.82, 2.24) is 30.2 Å². The summed E-state index contributed by atoms with van der Waals surface area (Å²) in [4.78, 5) is 14.8. The summed E-state index contributed by atoms with van der Waals surface area (Å²) >= 11 is 0. The van der Waals surface area contributed by atoms with Crippen molar-refractivity contribution in [3.8, 4) is 11.7 Å². The van der Waals surface area contributed by atoms with Crippen LogP contribution < -0.4 is 10.1 Å². The van der Waals surface area contributed by atoms with Crippen LogP contribution in [0.2, 0.25) is 0 Å². The highest BCUT2D eigenvalue weighted by atomic mass is 16.5. The van der Waals surface area contributed by atoms with Gasteiger partial charge in [0.1, 0.15) is 0 Å². The molecule has 0 bridgehead atoms. The van der Waals surface area contributed by atoms with Crippen LogP contribution in [0.1, 0.15) is 34.1 Å². The molecule has 1 aromatic carbocycles. The van der Waals surface area contributed by atoms with Gasteiger partial charge in [-0.05, 0) is 37.7 Å². The maximum Gasteiger partial charge on any atom is 0.255 e. The zero-order valence-corrected chi connectivity index (χ0v) is 17.2. The Balaban J connectivity index is 1.70. The number of nitrogens with one attached hydrogen (secondary N) is 1. The van der Waals surface area contributed by atoms with Crippen LogP contribution in [0, 0.1) is 0 Å². The molecule has 0 aliphatic rings. The van der Waals surface area contributed by atoms with Gasteiger partial charge in [-0.1, -0.05) is 31.2 Å². The summed E-state index contributed by atoms with van der Waals surface area (Å²) in [6, 6.07) is 11.7. The number of methoxy groups -OCH3 is 1. The predicted molar refractivity (Wildman–Crippen MR) is 110 cm³/mol. The highest BCUT2D eigenvalue weighted by Crippen LogP contribution is 2.16. The number of carbonyl (C=O) groups is 1. The molecule has 3 rings (SSSR count). The molecule has 0 saturated heterocycles. The van der Waals surface area contributed by atoms with E-state index in [0.717, 1.165) is 17.8 Å². The van der Waals surface area contributed by atoms with Crippen molar-refractivity contribution in [2.75, 3.05) is 21.2 Å². The maximum absolute atomic E-state index is 12.7. The summed E-state index contributed by atoms with van der Waals surface area (Å²) in [7, 11) is 5.61. The summed E-state index contributed by atoms with van der Waals surface area (Å²) in [5.41, 5.74) is 3.60. The van der Waals surface area contributed by atoms with Crippen LogP contribution in [0.4, 0.5) is 0 Å². The number of carbonyl (C=O) groups excluding carboxylic acids is 1. The van der Waals surface area contributed by atoms with Gasteiger partial charge in [0.15, 0.2) is 5.82 Å². The molecule has 0 unspecified atom stereocenters. The normalized spacial score (nSPS) is 10.9. The molecule has 152 valence electrons. The number of aromatic nitrogens is 4. The minimum Gasteiger partial charge on any atom is -0.480 e. The Hall–Kier alpha value is -3.26. The van der Waals surface area contributed by atoms with Crippen molar-refractivity contribution in [2.45, 2.75) is 26.4 Å². The Morgan fingerprint density at radius 1 is 1.10 bits per heavy atom. The number of nitrogens with zero attached hydrogens (tertiary/aromatic N) is 5. The fraction of sp³-hybridized carbons (Fsp3) is 0.333. The first-order chi connectivity index (χ1) is 14.0. The molecule has 3 aromatic rings. The minimum atomic E-state index is -0.160. The number of hydrogen-bond acceptors (Lipinski definition) is 6. The lowest BCUT2D eigenvalue weighted by Gasteiger charge is -2.11. The average Bonchev–Trinajstić information content (AvgIpc) is 3.17. The molecule has 8 heteroatoms. The number of hydrogen-bond donors (Lipinski definition) is 1. The third-order valence-electron chi connectivity index (χ3n) is 4.48. The lowest BCUT2D eigenvalue weighted by Crippen LogP contribution is -2.24. The van der Waals surface area contributed by atoms with E-state index in [1.54, 1.807) is 23.0 Å². The number of rotatable bonds is 8.